The van der Waals surface area contributed by atoms with Gasteiger partial charge in [-0.3, -0.25) is 4.79 Å². The van der Waals surface area contributed by atoms with Crippen molar-refractivity contribution in [2.75, 3.05) is 0 Å². The molecule has 1 unspecified atom stereocenters. The van der Waals surface area contributed by atoms with E-state index in [0.29, 0.717) is 0 Å². The van der Waals surface area contributed by atoms with Gasteiger partial charge >= 0.3 is 0 Å². The van der Waals surface area contributed by atoms with Gasteiger partial charge < -0.3 is 5.73 Å². The summed E-state index contributed by atoms with van der Waals surface area (Å²) in [6.45, 7) is 0. The van der Waals surface area contributed by atoms with Crippen LogP contribution in [-0.4, -0.2) is 5.91 Å². The Hall–Kier alpha value is -0.530. The Bertz CT molecular complexity index is 155. The first-order valence-electron chi connectivity index (χ1n) is 4.06. The summed E-state index contributed by atoms with van der Waals surface area (Å²) < 4.78 is 0. The maximum absolute atomic E-state index is 10.7. The fourth-order valence-corrected chi connectivity index (χ4v) is 2.32. The van der Waals surface area contributed by atoms with Crippen molar-refractivity contribution in [3.63, 3.8) is 0 Å². The molecule has 0 aromatic heterocycles. The van der Waals surface area contributed by atoms with E-state index < -0.39 is 0 Å². The van der Waals surface area contributed by atoms with Crippen molar-refractivity contribution in [1.82, 2.24) is 0 Å². The third-order valence-corrected chi connectivity index (χ3v) is 3.15. The average molecular weight is 139 g/mol. The Morgan fingerprint density at radius 2 is 1.70 bits per heavy atom. The minimum absolute atomic E-state index is 0.0746. The predicted molar refractivity (Wildman–Crippen MR) is 38.1 cm³/mol. The largest absolute Gasteiger partial charge is 0.369 e. The lowest BCUT2D eigenvalue weighted by atomic mass is 9.77. The van der Waals surface area contributed by atoms with Crippen molar-refractivity contribution in [2.24, 2.45) is 23.5 Å². The van der Waals surface area contributed by atoms with Gasteiger partial charge in [0.1, 0.15) is 0 Å². The van der Waals surface area contributed by atoms with E-state index in [1.54, 1.807) is 0 Å². The molecule has 2 saturated carbocycles. The number of amides is 1. The number of nitrogens with two attached hydrogens (primary N) is 1. The zero-order valence-electron chi connectivity index (χ0n) is 6.05. The molecule has 0 bridgehead atoms. The second-order valence-electron chi connectivity index (χ2n) is 3.67. The fraction of sp³-hybridized carbons (Fsp3) is 0.875. The smallest absolute Gasteiger partial charge is 0.220 e. The summed E-state index contributed by atoms with van der Waals surface area (Å²) >= 11 is 0. The highest BCUT2D eigenvalue weighted by molar-refractivity contribution is 5.77. The molecule has 1 amide bonds. The molecule has 2 rings (SSSR count). The zero-order valence-corrected chi connectivity index (χ0v) is 6.05. The third kappa shape index (κ3) is 0.746. The number of hydrogen-bond donors (Lipinski definition) is 1. The molecule has 0 radical (unpaired) electrons. The number of rotatable bonds is 1. The van der Waals surface area contributed by atoms with Gasteiger partial charge in [0.05, 0.1) is 0 Å². The summed E-state index contributed by atoms with van der Waals surface area (Å²) in [6, 6.07) is 0. The molecule has 0 aromatic rings. The number of hydrogen-bond acceptors (Lipinski definition) is 1. The molecule has 0 heterocycles. The van der Waals surface area contributed by atoms with E-state index in [-0.39, 0.29) is 11.8 Å². The fourth-order valence-electron chi connectivity index (χ4n) is 2.32. The number of carbonyl (C=O) groups excluding carboxylic acids is 1. The molecule has 2 fully saturated rings. The van der Waals surface area contributed by atoms with Crippen LogP contribution in [0.4, 0.5) is 0 Å². The van der Waals surface area contributed by atoms with E-state index in [2.05, 4.69) is 0 Å². The van der Waals surface area contributed by atoms with Crippen molar-refractivity contribution in [2.45, 2.75) is 25.7 Å². The van der Waals surface area contributed by atoms with E-state index >= 15 is 0 Å². The standard InChI is InChI=1S/C8H13NO/c9-8(10)7-3-5-1-2-6(5)4-7/h5-7H,1-4H2,(H2,9,10)/t5-,6+,7?. The quantitative estimate of drug-likeness (QED) is 0.576. The van der Waals surface area contributed by atoms with Crippen LogP contribution in [0.1, 0.15) is 25.7 Å². The predicted octanol–water partition coefficient (Wildman–Crippen LogP) is 0.908. The van der Waals surface area contributed by atoms with Crippen LogP contribution in [0.5, 0.6) is 0 Å². The lowest BCUT2D eigenvalue weighted by Gasteiger charge is -2.29. The van der Waals surface area contributed by atoms with E-state index in [4.69, 9.17) is 5.73 Å². The van der Waals surface area contributed by atoms with Gasteiger partial charge in [-0.1, -0.05) is 0 Å². The van der Waals surface area contributed by atoms with Crippen LogP contribution < -0.4 is 5.73 Å². The third-order valence-electron chi connectivity index (χ3n) is 3.15. The average Bonchev–Trinajstić information content (AvgIpc) is 2.09. The molecule has 2 N–H and O–H groups in total. The van der Waals surface area contributed by atoms with E-state index in [0.717, 1.165) is 24.7 Å². The maximum atomic E-state index is 10.7. The molecule has 3 atom stereocenters. The highest BCUT2D eigenvalue weighted by atomic mass is 16.1. The van der Waals surface area contributed by atoms with Crippen LogP contribution in [0, 0.1) is 17.8 Å². The van der Waals surface area contributed by atoms with Crippen molar-refractivity contribution in [3.8, 4) is 0 Å². The van der Waals surface area contributed by atoms with E-state index in [9.17, 15) is 4.79 Å². The van der Waals surface area contributed by atoms with Gasteiger partial charge in [0.2, 0.25) is 5.91 Å². The first-order chi connectivity index (χ1) is 4.77. The Balaban J connectivity index is 1.98. The highest BCUT2D eigenvalue weighted by Crippen LogP contribution is 2.49. The molecule has 2 aliphatic rings. The van der Waals surface area contributed by atoms with Crippen LogP contribution in [0.3, 0.4) is 0 Å². The number of primary amides is 1. The first-order valence-corrected chi connectivity index (χ1v) is 4.06. The highest BCUT2D eigenvalue weighted by Gasteiger charge is 2.41. The Morgan fingerprint density at radius 3 is 2.00 bits per heavy atom. The van der Waals surface area contributed by atoms with Gasteiger partial charge in [0.25, 0.3) is 0 Å². The first kappa shape index (κ1) is 6.20. The maximum Gasteiger partial charge on any atom is 0.220 e. The molecule has 0 spiro atoms. The molecule has 2 nitrogen and oxygen atoms in total. The summed E-state index contributed by atoms with van der Waals surface area (Å²) in [6.07, 6.45) is 4.85. The SMILES string of the molecule is NC(=O)C1C[C@H]2CC[C@H]2C1. The minimum atomic E-state index is -0.0746. The van der Waals surface area contributed by atoms with Crippen molar-refractivity contribution in [1.29, 1.82) is 0 Å². The van der Waals surface area contributed by atoms with Crippen molar-refractivity contribution >= 4 is 5.91 Å². The van der Waals surface area contributed by atoms with Crippen molar-refractivity contribution < 1.29 is 4.79 Å². The van der Waals surface area contributed by atoms with Gasteiger partial charge in [-0.2, -0.15) is 0 Å². The van der Waals surface area contributed by atoms with E-state index in [1.807, 2.05) is 0 Å². The molecule has 0 aromatic carbocycles. The van der Waals surface area contributed by atoms with E-state index in [1.165, 1.54) is 12.8 Å². The Kier molecular flexibility index (Phi) is 1.22. The summed E-state index contributed by atoms with van der Waals surface area (Å²) in [5.41, 5.74) is 5.21. The monoisotopic (exact) mass is 139 g/mol. The van der Waals surface area contributed by atoms with Crippen LogP contribution in [0.15, 0.2) is 0 Å². The van der Waals surface area contributed by atoms with Crippen LogP contribution in [0.2, 0.25) is 0 Å². The van der Waals surface area contributed by atoms with Gasteiger partial charge in [-0.25, -0.2) is 0 Å². The van der Waals surface area contributed by atoms with Gasteiger partial charge in [-0.05, 0) is 37.5 Å². The lowest BCUT2D eigenvalue weighted by molar-refractivity contribution is -0.121. The Labute approximate surface area is 60.8 Å². The second kappa shape index (κ2) is 1.97. The topological polar surface area (TPSA) is 43.1 Å². The summed E-state index contributed by atoms with van der Waals surface area (Å²) in [5, 5.41) is 0. The van der Waals surface area contributed by atoms with Crippen LogP contribution >= 0.6 is 0 Å². The van der Waals surface area contributed by atoms with Gasteiger partial charge in [-0.15, -0.1) is 0 Å². The molecular formula is C8H13NO. The molecule has 0 saturated heterocycles. The Morgan fingerprint density at radius 1 is 1.20 bits per heavy atom. The molecular weight excluding hydrogens is 126 g/mol. The van der Waals surface area contributed by atoms with Crippen molar-refractivity contribution in [3.05, 3.63) is 0 Å². The molecule has 2 heteroatoms. The minimum Gasteiger partial charge on any atom is -0.369 e. The lowest BCUT2D eigenvalue weighted by Crippen LogP contribution is -2.20. The van der Waals surface area contributed by atoms with Crippen LogP contribution in [-0.2, 0) is 4.79 Å². The summed E-state index contributed by atoms with van der Waals surface area (Å²) in [4.78, 5) is 10.7. The van der Waals surface area contributed by atoms with Crippen LogP contribution in [0.25, 0.3) is 0 Å². The van der Waals surface area contributed by atoms with Gasteiger partial charge in [0, 0.05) is 5.92 Å². The molecule has 10 heavy (non-hydrogen) atoms. The molecule has 0 aliphatic heterocycles. The molecule has 56 valence electrons. The summed E-state index contributed by atoms with van der Waals surface area (Å²) in [7, 11) is 0. The zero-order chi connectivity index (χ0) is 7.14. The number of fused-ring (bicyclic) bond motifs is 1. The molecule has 2 aliphatic carbocycles. The second-order valence-corrected chi connectivity index (χ2v) is 3.67. The number of carbonyl (C=O) groups is 1. The summed E-state index contributed by atoms with van der Waals surface area (Å²) in [5.74, 6) is 1.86. The van der Waals surface area contributed by atoms with Gasteiger partial charge in [0.15, 0.2) is 0 Å². The normalized spacial score (nSPS) is 44.2.